The topological polar surface area (TPSA) is 12.0 Å². The van der Waals surface area contributed by atoms with Crippen LogP contribution in [0.4, 0.5) is 8.78 Å². The molecule has 114 valence electrons. The SMILES string of the molecule is FC(F)c1cccc(CNC2C3CC4CC(C3)CC2C4)c1. The highest BCUT2D eigenvalue weighted by atomic mass is 19.3. The number of halogens is 2. The van der Waals surface area contributed by atoms with Crippen LogP contribution in [0.15, 0.2) is 24.3 Å². The van der Waals surface area contributed by atoms with Crippen LogP contribution in [-0.4, -0.2) is 6.04 Å². The Morgan fingerprint density at radius 2 is 1.67 bits per heavy atom. The fourth-order valence-electron chi connectivity index (χ4n) is 5.33. The Morgan fingerprint density at radius 3 is 2.29 bits per heavy atom. The Morgan fingerprint density at radius 1 is 1.00 bits per heavy atom. The molecule has 0 heterocycles. The molecule has 0 aromatic heterocycles. The van der Waals surface area contributed by atoms with E-state index in [9.17, 15) is 8.78 Å². The highest BCUT2D eigenvalue weighted by molar-refractivity contribution is 5.24. The second kappa shape index (κ2) is 5.35. The van der Waals surface area contributed by atoms with Crippen molar-refractivity contribution < 1.29 is 8.78 Å². The molecule has 5 rings (SSSR count). The van der Waals surface area contributed by atoms with Gasteiger partial charge < -0.3 is 5.32 Å². The number of nitrogens with one attached hydrogen (secondary N) is 1. The second-order valence-corrected chi connectivity index (χ2v) is 7.38. The molecule has 1 N–H and O–H groups in total. The van der Waals surface area contributed by atoms with Crippen molar-refractivity contribution >= 4 is 0 Å². The van der Waals surface area contributed by atoms with Crippen molar-refractivity contribution in [3.8, 4) is 0 Å². The summed E-state index contributed by atoms with van der Waals surface area (Å²) in [6, 6.07) is 7.47. The fraction of sp³-hybridized carbons (Fsp3) is 0.667. The van der Waals surface area contributed by atoms with E-state index in [1.807, 2.05) is 6.07 Å². The van der Waals surface area contributed by atoms with Gasteiger partial charge in [0.05, 0.1) is 0 Å². The summed E-state index contributed by atoms with van der Waals surface area (Å²) in [5.74, 6) is 3.62. The molecular weight excluding hydrogens is 268 g/mol. The highest BCUT2D eigenvalue weighted by Crippen LogP contribution is 2.53. The van der Waals surface area contributed by atoms with Crippen LogP contribution in [0.2, 0.25) is 0 Å². The van der Waals surface area contributed by atoms with Crippen molar-refractivity contribution in [1.82, 2.24) is 5.32 Å². The predicted octanol–water partition coefficient (Wildman–Crippen LogP) is 4.54. The minimum atomic E-state index is -2.37. The Hall–Kier alpha value is -0.960. The van der Waals surface area contributed by atoms with Gasteiger partial charge in [-0.05, 0) is 67.4 Å². The van der Waals surface area contributed by atoms with E-state index in [-0.39, 0.29) is 5.56 Å². The summed E-state index contributed by atoms with van der Waals surface area (Å²) >= 11 is 0. The maximum absolute atomic E-state index is 12.8. The zero-order valence-corrected chi connectivity index (χ0v) is 12.3. The minimum Gasteiger partial charge on any atom is -0.309 e. The summed E-state index contributed by atoms with van der Waals surface area (Å²) in [5, 5.41) is 3.70. The molecule has 1 nitrogen and oxygen atoms in total. The van der Waals surface area contributed by atoms with Crippen LogP contribution in [0.3, 0.4) is 0 Å². The van der Waals surface area contributed by atoms with Crippen LogP contribution in [0.5, 0.6) is 0 Å². The molecule has 0 radical (unpaired) electrons. The highest BCUT2D eigenvalue weighted by Gasteiger charge is 2.47. The van der Waals surface area contributed by atoms with E-state index in [1.54, 1.807) is 12.1 Å². The number of hydrogen-bond acceptors (Lipinski definition) is 1. The third-order valence-electron chi connectivity index (χ3n) is 5.97. The van der Waals surface area contributed by atoms with E-state index in [1.165, 1.54) is 38.2 Å². The standard InChI is InChI=1S/C18H23F2N/c19-18(20)14-3-1-2-11(5-14)10-21-17-15-6-12-4-13(8-15)9-16(17)7-12/h1-3,5,12-13,15-18,21H,4,6-10H2. The first-order chi connectivity index (χ1) is 10.2. The van der Waals surface area contributed by atoms with E-state index < -0.39 is 6.43 Å². The van der Waals surface area contributed by atoms with Gasteiger partial charge in [-0.1, -0.05) is 18.2 Å². The van der Waals surface area contributed by atoms with Crippen LogP contribution in [-0.2, 0) is 6.54 Å². The zero-order valence-electron chi connectivity index (χ0n) is 12.3. The first kappa shape index (κ1) is 13.7. The summed E-state index contributed by atoms with van der Waals surface area (Å²) in [4.78, 5) is 0. The molecule has 0 atom stereocenters. The van der Waals surface area contributed by atoms with E-state index in [0.29, 0.717) is 6.04 Å². The van der Waals surface area contributed by atoms with Gasteiger partial charge in [-0.25, -0.2) is 8.78 Å². The summed E-state index contributed by atoms with van der Waals surface area (Å²) in [7, 11) is 0. The van der Waals surface area contributed by atoms with Crippen molar-refractivity contribution in [2.45, 2.75) is 51.1 Å². The lowest BCUT2D eigenvalue weighted by Gasteiger charge is -2.54. The monoisotopic (exact) mass is 291 g/mol. The average Bonchev–Trinajstić information content (AvgIpc) is 2.46. The largest absolute Gasteiger partial charge is 0.309 e. The number of alkyl halides is 2. The Kier molecular flexibility index (Phi) is 3.49. The first-order valence-corrected chi connectivity index (χ1v) is 8.29. The molecule has 21 heavy (non-hydrogen) atoms. The normalized spacial score (nSPS) is 37.4. The number of benzene rings is 1. The van der Waals surface area contributed by atoms with Gasteiger partial charge in [0, 0.05) is 18.2 Å². The Balaban J connectivity index is 1.42. The van der Waals surface area contributed by atoms with Gasteiger partial charge in [-0.3, -0.25) is 0 Å². The van der Waals surface area contributed by atoms with Gasteiger partial charge in [-0.15, -0.1) is 0 Å². The second-order valence-electron chi connectivity index (χ2n) is 7.38. The summed E-state index contributed by atoms with van der Waals surface area (Å²) in [6.45, 7) is 0.730. The van der Waals surface area contributed by atoms with E-state index in [2.05, 4.69) is 5.32 Å². The lowest BCUT2D eigenvalue weighted by atomic mass is 9.54. The first-order valence-electron chi connectivity index (χ1n) is 8.29. The smallest absolute Gasteiger partial charge is 0.263 e. The molecule has 0 unspecified atom stereocenters. The van der Waals surface area contributed by atoms with Crippen molar-refractivity contribution in [3.05, 3.63) is 35.4 Å². The average molecular weight is 291 g/mol. The molecule has 4 aliphatic rings. The van der Waals surface area contributed by atoms with E-state index in [0.717, 1.165) is 35.8 Å². The Labute approximate surface area is 125 Å². The number of rotatable bonds is 4. The van der Waals surface area contributed by atoms with Gasteiger partial charge >= 0.3 is 0 Å². The molecule has 4 aliphatic carbocycles. The molecule has 1 aromatic rings. The minimum absolute atomic E-state index is 0.138. The maximum atomic E-state index is 12.8. The van der Waals surface area contributed by atoms with Crippen LogP contribution < -0.4 is 5.32 Å². The summed E-state index contributed by atoms with van der Waals surface area (Å²) < 4.78 is 25.5. The molecule has 0 amide bonds. The fourth-order valence-corrected chi connectivity index (χ4v) is 5.33. The molecule has 4 saturated carbocycles. The molecule has 1 aromatic carbocycles. The quantitative estimate of drug-likeness (QED) is 0.859. The third kappa shape index (κ3) is 2.61. The van der Waals surface area contributed by atoms with E-state index in [4.69, 9.17) is 0 Å². The van der Waals surface area contributed by atoms with Gasteiger partial charge in [0.15, 0.2) is 0 Å². The van der Waals surface area contributed by atoms with Crippen LogP contribution >= 0.6 is 0 Å². The van der Waals surface area contributed by atoms with Gasteiger partial charge in [0.1, 0.15) is 0 Å². The van der Waals surface area contributed by atoms with Gasteiger partial charge in [-0.2, -0.15) is 0 Å². The molecule has 0 spiro atoms. The molecule has 0 saturated heterocycles. The van der Waals surface area contributed by atoms with E-state index >= 15 is 0 Å². The number of hydrogen-bond donors (Lipinski definition) is 1. The molecule has 3 heteroatoms. The zero-order chi connectivity index (χ0) is 14.4. The van der Waals surface area contributed by atoms with Gasteiger partial charge in [0.2, 0.25) is 0 Å². The van der Waals surface area contributed by atoms with Crippen molar-refractivity contribution in [1.29, 1.82) is 0 Å². The van der Waals surface area contributed by atoms with Crippen molar-refractivity contribution in [3.63, 3.8) is 0 Å². The molecule has 0 aliphatic heterocycles. The molecule has 4 bridgehead atoms. The molecule has 4 fully saturated rings. The van der Waals surface area contributed by atoms with Crippen molar-refractivity contribution in [2.75, 3.05) is 0 Å². The third-order valence-corrected chi connectivity index (χ3v) is 5.97. The summed E-state index contributed by atoms with van der Waals surface area (Å²) in [6.07, 6.45) is 4.66. The molecular formula is C18H23F2N. The van der Waals surface area contributed by atoms with Crippen molar-refractivity contribution in [2.24, 2.45) is 23.7 Å². The van der Waals surface area contributed by atoms with Gasteiger partial charge in [0.25, 0.3) is 6.43 Å². The van der Waals surface area contributed by atoms with Crippen LogP contribution in [0.25, 0.3) is 0 Å². The lowest BCUT2D eigenvalue weighted by Crippen LogP contribution is -2.54. The Bertz CT molecular complexity index is 486. The predicted molar refractivity (Wildman–Crippen MR) is 79.1 cm³/mol. The summed E-state index contributed by atoms with van der Waals surface area (Å²) in [5.41, 5.74) is 1.13. The van der Waals surface area contributed by atoms with Crippen LogP contribution in [0.1, 0.15) is 49.7 Å². The lowest BCUT2D eigenvalue weighted by molar-refractivity contribution is -0.0142. The maximum Gasteiger partial charge on any atom is 0.263 e. The van der Waals surface area contributed by atoms with Crippen LogP contribution in [0, 0.1) is 23.7 Å².